The van der Waals surface area contributed by atoms with Crippen molar-refractivity contribution in [1.29, 1.82) is 0 Å². The number of pyridine rings is 1. The monoisotopic (exact) mass is 265 g/mol. The van der Waals surface area contributed by atoms with Crippen LogP contribution < -0.4 is 11.1 Å². The van der Waals surface area contributed by atoms with Crippen LogP contribution in [0.3, 0.4) is 0 Å². The molecule has 0 saturated heterocycles. The smallest absolute Gasteiger partial charge is 0.122 e. The maximum atomic E-state index is 5.59. The van der Waals surface area contributed by atoms with Crippen LogP contribution in [-0.4, -0.2) is 16.0 Å². The van der Waals surface area contributed by atoms with E-state index in [1.54, 1.807) is 6.20 Å². The number of unbranched alkanes of at least 4 members (excludes halogenated alkanes) is 1. The van der Waals surface area contributed by atoms with Gasteiger partial charge < -0.3 is 11.1 Å². The minimum Gasteiger partial charge on any atom is -0.388 e. The second-order valence-electron chi connectivity index (χ2n) is 4.57. The molecule has 0 saturated carbocycles. The highest BCUT2D eigenvalue weighted by molar-refractivity contribution is 7.80. The third-order valence-electron chi connectivity index (χ3n) is 2.93. The summed E-state index contributed by atoms with van der Waals surface area (Å²) in [5.74, 6) is 0. The van der Waals surface area contributed by atoms with Crippen LogP contribution in [0.4, 0.5) is 5.69 Å². The summed E-state index contributed by atoms with van der Waals surface area (Å²) in [4.78, 5) is 4.49. The van der Waals surface area contributed by atoms with Crippen LogP contribution in [0.2, 0.25) is 0 Å². The SMILES string of the molecule is CCCCC(CCC)Nc1ccnc(C(N)=S)c1. The van der Waals surface area contributed by atoms with Crippen molar-refractivity contribution in [2.45, 2.75) is 52.0 Å². The van der Waals surface area contributed by atoms with E-state index in [4.69, 9.17) is 18.0 Å². The number of anilines is 1. The minimum atomic E-state index is 0.347. The Hall–Kier alpha value is -1.16. The Morgan fingerprint density at radius 1 is 1.39 bits per heavy atom. The van der Waals surface area contributed by atoms with Crippen molar-refractivity contribution in [3.05, 3.63) is 24.0 Å². The van der Waals surface area contributed by atoms with Gasteiger partial charge in [-0.15, -0.1) is 0 Å². The van der Waals surface area contributed by atoms with E-state index in [-0.39, 0.29) is 0 Å². The van der Waals surface area contributed by atoms with E-state index in [9.17, 15) is 0 Å². The number of hydrogen-bond donors (Lipinski definition) is 2. The first-order valence-corrected chi connectivity index (χ1v) is 7.10. The molecule has 3 nitrogen and oxygen atoms in total. The molecule has 0 amide bonds. The summed E-state index contributed by atoms with van der Waals surface area (Å²) in [5, 5.41) is 3.55. The molecule has 0 aromatic carbocycles. The molecule has 0 radical (unpaired) electrons. The van der Waals surface area contributed by atoms with Crippen molar-refractivity contribution >= 4 is 22.9 Å². The highest BCUT2D eigenvalue weighted by Gasteiger charge is 2.08. The van der Waals surface area contributed by atoms with Crippen molar-refractivity contribution in [2.75, 3.05) is 5.32 Å². The number of nitrogens with two attached hydrogens (primary N) is 1. The first-order valence-electron chi connectivity index (χ1n) is 6.69. The summed E-state index contributed by atoms with van der Waals surface area (Å²) in [6.07, 6.45) is 7.81. The lowest BCUT2D eigenvalue weighted by atomic mass is 10.0. The molecule has 1 aromatic rings. The Kier molecular flexibility index (Phi) is 6.65. The molecule has 0 fully saturated rings. The van der Waals surface area contributed by atoms with Gasteiger partial charge in [-0.1, -0.05) is 45.3 Å². The van der Waals surface area contributed by atoms with Crippen LogP contribution in [-0.2, 0) is 0 Å². The minimum absolute atomic E-state index is 0.347. The summed E-state index contributed by atoms with van der Waals surface area (Å²) in [6.45, 7) is 4.44. The van der Waals surface area contributed by atoms with Gasteiger partial charge in [0.25, 0.3) is 0 Å². The van der Waals surface area contributed by atoms with Gasteiger partial charge in [0.1, 0.15) is 4.99 Å². The third kappa shape index (κ3) is 5.00. The molecule has 0 bridgehead atoms. The quantitative estimate of drug-likeness (QED) is 0.706. The highest BCUT2D eigenvalue weighted by Crippen LogP contribution is 2.15. The lowest BCUT2D eigenvalue weighted by molar-refractivity contribution is 0.564. The van der Waals surface area contributed by atoms with Crippen LogP contribution in [0.15, 0.2) is 18.3 Å². The lowest BCUT2D eigenvalue weighted by Crippen LogP contribution is -2.20. The topological polar surface area (TPSA) is 50.9 Å². The summed E-state index contributed by atoms with van der Waals surface area (Å²) in [7, 11) is 0. The molecule has 1 rings (SSSR count). The molecule has 0 aliphatic carbocycles. The maximum absolute atomic E-state index is 5.59. The molecule has 4 heteroatoms. The first-order chi connectivity index (χ1) is 8.67. The summed E-state index contributed by atoms with van der Waals surface area (Å²) < 4.78 is 0. The molecule has 0 spiro atoms. The van der Waals surface area contributed by atoms with E-state index in [0.717, 1.165) is 5.69 Å². The van der Waals surface area contributed by atoms with E-state index in [1.165, 1.54) is 32.1 Å². The van der Waals surface area contributed by atoms with Gasteiger partial charge in [0, 0.05) is 17.9 Å². The average Bonchev–Trinajstić information content (AvgIpc) is 2.36. The first kappa shape index (κ1) is 14.9. The van der Waals surface area contributed by atoms with Crippen molar-refractivity contribution in [3.8, 4) is 0 Å². The standard InChI is InChI=1S/C14H23N3S/c1-3-5-7-11(6-4-2)17-12-8-9-16-13(10-12)14(15)18/h8-11H,3-7H2,1-2H3,(H2,15,18)(H,16,17). The molecule has 1 aromatic heterocycles. The molecule has 1 heterocycles. The van der Waals surface area contributed by atoms with Crippen LogP contribution in [0.5, 0.6) is 0 Å². The van der Waals surface area contributed by atoms with Gasteiger partial charge in [0.15, 0.2) is 0 Å². The average molecular weight is 265 g/mol. The zero-order valence-corrected chi connectivity index (χ0v) is 12.1. The fourth-order valence-electron chi connectivity index (χ4n) is 1.98. The van der Waals surface area contributed by atoms with E-state index in [2.05, 4.69) is 24.1 Å². The van der Waals surface area contributed by atoms with Crippen LogP contribution in [0.1, 0.15) is 51.6 Å². The van der Waals surface area contributed by atoms with Gasteiger partial charge in [0.05, 0.1) is 5.69 Å². The van der Waals surface area contributed by atoms with E-state index >= 15 is 0 Å². The molecule has 18 heavy (non-hydrogen) atoms. The van der Waals surface area contributed by atoms with Crippen LogP contribution >= 0.6 is 12.2 Å². The van der Waals surface area contributed by atoms with Gasteiger partial charge in [-0.05, 0) is 25.0 Å². The van der Waals surface area contributed by atoms with Crippen molar-refractivity contribution < 1.29 is 0 Å². The number of nitrogens with one attached hydrogen (secondary N) is 1. The number of aromatic nitrogens is 1. The number of hydrogen-bond acceptors (Lipinski definition) is 3. The molecular weight excluding hydrogens is 242 g/mol. The Morgan fingerprint density at radius 3 is 2.78 bits per heavy atom. The largest absolute Gasteiger partial charge is 0.388 e. The Labute approximate surface area is 115 Å². The van der Waals surface area contributed by atoms with E-state index < -0.39 is 0 Å². The van der Waals surface area contributed by atoms with E-state index in [1.807, 2.05) is 12.1 Å². The van der Waals surface area contributed by atoms with Crippen molar-refractivity contribution in [2.24, 2.45) is 5.73 Å². The fourth-order valence-corrected chi connectivity index (χ4v) is 2.09. The molecular formula is C14H23N3S. The Balaban J connectivity index is 2.67. The molecule has 100 valence electrons. The van der Waals surface area contributed by atoms with Gasteiger partial charge in [-0.3, -0.25) is 4.98 Å². The molecule has 3 N–H and O–H groups in total. The lowest BCUT2D eigenvalue weighted by Gasteiger charge is -2.19. The van der Waals surface area contributed by atoms with Gasteiger partial charge >= 0.3 is 0 Å². The number of rotatable bonds is 8. The zero-order chi connectivity index (χ0) is 13.4. The second-order valence-corrected chi connectivity index (χ2v) is 5.01. The van der Waals surface area contributed by atoms with Gasteiger partial charge in [-0.2, -0.15) is 0 Å². The van der Waals surface area contributed by atoms with Crippen LogP contribution in [0.25, 0.3) is 0 Å². The summed E-state index contributed by atoms with van der Waals surface area (Å²) in [6, 6.07) is 4.42. The summed E-state index contributed by atoms with van der Waals surface area (Å²) in [5.41, 5.74) is 7.33. The van der Waals surface area contributed by atoms with Gasteiger partial charge in [-0.25, -0.2) is 0 Å². The fraction of sp³-hybridized carbons (Fsp3) is 0.571. The summed E-state index contributed by atoms with van der Waals surface area (Å²) >= 11 is 4.94. The van der Waals surface area contributed by atoms with Crippen molar-refractivity contribution in [1.82, 2.24) is 4.98 Å². The Morgan fingerprint density at radius 2 is 2.17 bits per heavy atom. The Bertz CT molecular complexity index is 379. The predicted molar refractivity (Wildman–Crippen MR) is 82.0 cm³/mol. The number of nitrogens with zero attached hydrogens (tertiary/aromatic N) is 1. The third-order valence-corrected chi connectivity index (χ3v) is 3.14. The molecule has 0 aliphatic heterocycles. The van der Waals surface area contributed by atoms with Gasteiger partial charge in [0.2, 0.25) is 0 Å². The van der Waals surface area contributed by atoms with Crippen molar-refractivity contribution in [3.63, 3.8) is 0 Å². The van der Waals surface area contributed by atoms with E-state index in [0.29, 0.717) is 16.7 Å². The van der Waals surface area contributed by atoms with Crippen LogP contribution in [0, 0.1) is 0 Å². The zero-order valence-electron chi connectivity index (χ0n) is 11.3. The molecule has 1 atom stereocenters. The maximum Gasteiger partial charge on any atom is 0.122 e. The highest BCUT2D eigenvalue weighted by atomic mass is 32.1. The number of thiocarbonyl (C=S) groups is 1. The normalized spacial score (nSPS) is 12.1. The second kappa shape index (κ2) is 8.03. The molecule has 1 unspecified atom stereocenters. The molecule has 0 aliphatic rings. The predicted octanol–water partition coefficient (Wildman–Crippen LogP) is 3.49.